The molecule has 5 heteroatoms. The number of hydrogen-bond acceptors (Lipinski definition) is 2. The van der Waals surface area contributed by atoms with E-state index in [4.69, 9.17) is 0 Å². The maximum atomic E-state index is 13.1. The Morgan fingerprint density at radius 1 is 0.733 bits per heavy atom. The Kier molecular flexibility index (Phi) is 5.52. The highest BCUT2D eigenvalue weighted by molar-refractivity contribution is 6.10. The maximum absolute atomic E-state index is 13.1. The molecule has 4 aromatic carbocycles. The topological polar surface area (TPSA) is 58.2 Å². The fourth-order valence-electron chi connectivity index (χ4n) is 3.34. The Morgan fingerprint density at radius 3 is 2.27 bits per heavy atom. The predicted octanol–water partition coefficient (Wildman–Crippen LogP) is 5.41. The molecule has 0 bridgehead atoms. The van der Waals surface area contributed by atoms with Gasteiger partial charge in [0.25, 0.3) is 5.91 Å². The average Bonchev–Trinajstić information content (AvgIpc) is 2.76. The number of rotatable bonds is 5. The van der Waals surface area contributed by atoms with Gasteiger partial charge in [-0.1, -0.05) is 54.6 Å². The van der Waals surface area contributed by atoms with Gasteiger partial charge >= 0.3 is 0 Å². The maximum Gasteiger partial charge on any atom is 0.257 e. The first-order chi connectivity index (χ1) is 14.6. The number of carbonyl (C=O) groups is 2. The second-order valence-corrected chi connectivity index (χ2v) is 6.87. The molecular formula is C25H19FN2O2. The van der Waals surface area contributed by atoms with Crippen molar-refractivity contribution in [3.05, 3.63) is 108 Å². The van der Waals surface area contributed by atoms with Crippen molar-refractivity contribution < 1.29 is 14.0 Å². The van der Waals surface area contributed by atoms with Crippen molar-refractivity contribution in [1.29, 1.82) is 0 Å². The minimum Gasteiger partial charge on any atom is -0.325 e. The molecule has 0 atom stereocenters. The van der Waals surface area contributed by atoms with Crippen LogP contribution >= 0.6 is 0 Å². The van der Waals surface area contributed by atoms with Gasteiger partial charge in [0.05, 0.1) is 17.7 Å². The fourth-order valence-corrected chi connectivity index (χ4v) is 3.34. The minimum atomic E-state index is -0.386. The average molecular weight is 398 g/mol. The van der Waals surface area contributed by atoms with Crippen LogP contribution in [0, 0.1) is 5.82 Å². The third-order valence-electron chi connectivity index (χ3n) is 4.78. The number of carbonyl (C=O) groups excluding carboxylic acids is 2. The number of anilines is 2. The van der Waals surface area contributed by atoms with E-state index in [2.05, 4.69) is 10.6 Å². The monoisotopic (exact) mass is 398 g/mol. The van der Waals surface area contributed by atoms with Gasteiger partial charge in [0, 0.05) is 5.69 Å². The van der Waals surface area contributed by atoms with Crippen LogP contribution in [0.25, 0.3) is 10.8 Å². The molecular weight excluding hydrogens is 379 g/mol. The summed E-state index contributed by atoms with van der Waals surface area (Å²) in [7, 11) is 0. The van der Waals surface area contributed by atoms with E-state index < -0.39 is 0 Å². The molecule has 0 fully saturated rings. The van der Waals surface area contributed by atoms with Gasteiger partial charge in [-0.3, -0.25) is 9.59 Å². The van der Waals surface area contributed by atoms with E-state index >= 15 is 0 Å². The lowest BCUT2D eigenvalue weighted by Crippen LogP contribution is -2.19. The van der Waals surface area contributed by atoms with Crippen molar-refractivity contribution in [2.75, 3.05) is 10.6 Å². The summed E-state index contributed by atoms with van der Waals surface area (Å²) in [6, 6.07) is 26.0. The van der Waals surface area contributed by atoms with Crippen LogP contribution in [0.15, 0.2) is 91.0 Å². The van der Waals surface area contributed by atoms with Gasteiger partial charge in [-0.2, -0.15) is 0 Å². The molecule has 2 N–H and O–H groups in total. The Bertz CT molecular complexity index is 1210. The molecule has 4 rings (SSSR count). The van der Waals surface area contributed by atoms with E-state index in [1.54, 1.807) is 24.3 Å². The van der Waals surface area contributed by atoms with Crippen LogP contribution in [0.5, 0.6) is 0 Å². The molecule has 4 nitrogen and oxygen atoms in total. The molecule has 2 amide bonds. The Hall–Kier alpha value is -3.99. The molecule has 0 aromatic heterocycles. The third-order valence-corrected chi connectivity index (χ3v) is 4.78. The van der Waals surface area contributed by atoms with E-state index in [9.17, 15) is 14.0 Å². The summed E-state index contributed by atoms with van der Waals surface area (Å²) in [4.78, 5) is 25.4. The van der Waals surface area contributed by atoms with Gasteiger partial charge in [-0.15, -0.1) is 0 Å². The molecule has 0 unspecified atom stereocenters. The van der Waals surface area contributed by atoms with Crippen LogP contribution in [0.4, 0.5) is 15.8 Å². The molecule has 0 aliphatic rings. The van der Waals surface area contributed by atoms with Crippen molar-refractivity contribution in [1.82, 2.24) is 0 Å². The third kappa shape index (κ3) is 4.36. The molecule has 148 valence electrons. The van der Waals surface area contributed by atoms with Gasteiger partial charge in [0.2, 0.25) is 5.91 Å². The van der Waals surface area contributed by atoms with Gasteiger partial charge in [-0.25, -0.2) is 4.39 Å². The molecule has 0 aliphatic heterocycles. The quantitative estimate of drug-likeness (QED) is 0.472. The molecule has 0 saturated heterocycles. The molecule has 0 radical (unpaired) electrons. The Morgan fingerprint density at radius 2 is 1.43 bits per heavy atom. The fraction of sp³-hybridized carbons (Fsp3) is 0.0400. The predicted molar refractivity (Wildman–Crippen MR) is 117 cm³/mol. The normalized spacial score (nSPS) is 10.6. The van der Waals surface area contributed by atoms with Crippen LogP contribution < -0.4 is 10.6 Å². The summed E-state index contributed by atoms with van der Waals surface area (Å²) in [6.45, 7) is 0. The Labute approximate surface area is 173 Å². The second-order valence-electron chi connectivity index (χ2n) is 6.87. The van der Waals surface area contributed by atoms with Crippen LogP contribution in [0.1, 0.15) is 15.9 Å². The number of benzene rings is 4. The lowest BCUT2D eigenvalue weighted by Gasteiger charge is -2.12. The van der Waals surface area contributed by atoms with Crippen molar-refractivity contribution in [2.24, 2.45) is 0 Å². The number of para-hydroxylation sites is 1. The van der Waals surface area contributed by atoms with Crippen LogP contribution in [0.3, 0.4) is 0 Å². The second kappa shape index (κ2) is 8.57. The standard InChI is InChI=1S/C25H19FN2O2/c26-19-12-14-20(15-13-19)27-25(30)22-10-3-4-11-23(22)28-24(29)16-18-8-5-7-17-6-1-2-9-21(17)18/h1-15H,16H2,(H,27,30)(H,28,29). The first-order valence-electron chi connectivity index (χ1n) is 9.52. The van der Waals surface area contributed by atoms with Crippen molar-refractivity contribution in [2.45, 2.75) is 6.42 Å². The summed E-state index contributed by atoms with van der Waals surface area (Å²) in [5, 5.41) is 7.65. The van der Waals surface area contributed by atoms with E-state index in [1.165, 1.54) is 24.3 Å². The highest BCUT2D eigenvalue weighted by atomic mass is 19.1. The first kappa shape index (κ1) is 19.3. The van der Waals surface area contributed by atoms with Gasteiger partial charge in [0.1, 0.15) is 5.82 Å². The van der Waals surface area contributed by atoms with E-state index in [1.807, 2.05) is 42.5 Å². The summed E-state index contributed by atoms with van der Waals surface area (Å²) in [6.07, 6.45) is 0.190. The highest BCUT2D eigenvalue weighted by Gasteiger charge is 2.14. The zero-order valence-electron chi connectivity index (χ0n) is 16.1. The van der Waals surface area contributed by atoms with Crippen molar-refractivity contribution in [3.63, 3.8) is 0 Å². The van der Waals surface area contributed by atoms with E-state index in [0.717, 1.165) is 16.3 Å². The largest absolute Gasteiger partial charge is 0.325 e. The van der Waals surface area contributed by atoms with Crippen LogP contribution in [-0.2, 0) is 11.2 Å². The molecule has 0 spiro atoms. The van der Waals surface area contributed by atoms with Crippen LogP contribution in [-0.4, -0.2) is 11.8 Å². The highest BCUT2D eigenvalue weighted by Crippen LogP contribution is 2.21. The summed E-state index contributed by atoms with van der Waals surface area (Å²) in [5.41, 5.74) is 2.13. The van der Waals surface area contributed by atoms with E-state index in [-0.39, 0.29) is 24.1 Å². The van der Waals surface area contributed by atoms with Gasteiger partial charge < -0.3 is 10.6 Å². The summed E-state index contributed by atoms with van der Waals surface area (Å²) in [5.74, 6) is -0.981. The van der Waals surface area contributed by atoms with E-state index in [0.29, 0.717) is 16.9 Å². The lowest BCUT2D eigenvalue weighted by atomic mass is 10.0. The lowest BCUT2D eigenvalue weighted by molar-refractivity contribution is -0.115. The number of amides is 2. The zero-order valence-corrected chi connectivity index (χ0v) is 16.1. The Balaban J connectivity index is 1.51. The van der Waals surface area contributed by atoms with Crippen LogP contribution in [0.2, 0.25) is 0 Å². The molecule has 4 aromatic rings. The number of halogens is 1. The molecule has 0 heterocycles. The van der Waals surface area contributed by atoms with Gasteiger partial charge in [0.15, 0.2) is 0 Å². The molecule has 0 aliphatic carbocycles. The smallest absolute Gasteiger partial charge is 0.257 e. The van der Waals surface area contributed by atoms with Crippen molar-refractivity contribution in [3.8, 4) is 0 Å². The number of hydrogen-bond donors (Lipinski definition) is 2. The number of nitrogens with one attached hydrogen (secondary N) is 2. The van der Waals surface area contributed by atoms with Crippen molar-refractivity contribution >= 4 is 34.0 Å². The first-order valence-corrected chi connectivity index (χ1v) is 9.52. The molecule has 30 heavy (non-hydrogen) atoms. The summed E-state index contributed by atoms with van der Waals surface area (Å²) < 4.78 is 13.1. The minimum absolute atomic E-state index is 0.190. The number of fused-ring (bicyclic) bond motifs is 1. The SMILES string of the molecule is O=C(Cc1cccc2ccccc12)Nc1ccccc1C(=O)Nc1ccc(F)cc1. The zero-order chi connectivity index (χ0) is 20.9. The summed E-state index contributed by atoms with van der Waals surface area (Å²) >= 11 is 0. The molecule has 0 saturated carbocycles. The van der Waals surface area contributed by atoms with Gasteiger partial charge in [-0.05, 0) is 52.7 Å².